The number of aliphatic hydroxyl groups is 1. The van der Waals surface area contributed by atoms with Gasteiger partial charge in [0.05, 0.1) is 29.3 Å². The van der Waals surface area contributed by atoms with E-state index >= 15 is 0 Å². The fraction of sp³-hybridized carbons (Fsp3) is 0.449. The van der Waals surface area contributed by atoms with E-state index in [-0.39, 0.29) is 17.7 Å². The Balaban J connectivity index is 1.43. The molecule has 0 aromatic heterocycles. The number of benzene rings is 4. The molecule has 2 amide bonds. The highest BCUT2D eigenvalue weighted by Gasteiger charge is 2.52. The maximum atomic E-state index is 14.2. The van der Waals surface area contributed by atoms with Crippen molar-refractivity contribution in [2.45, 2.75) is 134 Å². The zero-order chi connectivity index (χ0) is 40.7. The summed E-state index contributed by atoms with van der Waals surface area (Å²) in [6.45, 7) is 8.56. The molecule has 0 radical (unpaired) electrons. The van der Waals surface area contributed by atoms with E-state index in [2.05, 4.69) is 52.0 Å². The zero-order valence-corrected chi connectivity index (χ0v) is 35.5. The van der Waals surface area contributed by atoms with E-state index in [9.17, 15) is 19.5 Å². The minimum Gasteiger partial charge on any atom is -0.456 e. The Morgan fingerprint density at radius 1 is 0.632 bits per heavy atom. The van der Waals surface area contributed by atoms with Gasteiger partial charge in [-0.15, -0.1) is 0 Å². The van der Waals surface area contributed by atoms with E-state index in [4.69, 9.17) is 9.16 Å². The monoisotopic (exact) mass is 789 g/mol. The zero-order valence-electron chi connectivity index (χ0n) is 34.5. The van der Waals surface area contributed by atoms with Gasteiger partial charge in [-0.1, -0.05) is 189 Å². The van der Waals surface area contributed by atoms with Gasteiger partial charge in [0, 0.05) is 0 Å². The largest absolute Gasteiger partial charge is 0.456 e. The first-order valence-corrected chi connectivity index (χ1v) is 23.2. The molecular weight excluding hydrogens is 727 g/mol. The SMILES string of the molecule is CCCCCCCCCCCCCC[C@@H](OC(=O)c1ccccc1)[C@@H](O)[C@H](CO[Si](c1ccccc1)(c1ccccc1)C(C)(C)C)N1C(=O)c2ccccc2C1=O. The number of aliphatic hydroxyl groups excluding tert-OH is 1. The summed E-state index contributed by atoms with van der Waals surface area (Å²) < 4.78 is 13.5. The summed E-state index contributed by atoms with van der Waals surface area (Å²) in [5.74, 6) is -1.55. The lowest BCUT2D eigenvalue weighted by Gasteiger charge is -2.45. The van der Waals surface area contributed by atoms with Crippen LogP contribution >= 0.6 is 0 Å². The van der Waals surface area contributed by atoms with E-state index < -0.39 is 49.4 Å². The van der Waals surface area contributed by atoms with Gasteiger partial charge in [-0.05, 0) is 52.5 Å². The molecular formula is C49H63NO6Si. The quantitative estimate of drug-likeness (QED) is 0.0348. The summed E-state index contributed by atoms with van der Waals surface area (Å²) in [7, 11) is -3.18. The molecule has 4 aromatic rings. The Labute approximate surface area is 341 Å². The van der Waals surface area contributed by atoms with Crippen molar-refractivity contribution >= 4 is 36.5 Å². The third-order valence-corrected chi connectivity index (χ3v) is 16.4. The normalized spacial score (nSPS) is 14.6. The molecule has 0 spiro atoms. The first-order valence-electron chi connectivity index (χ1n) is 21.3. The van der Waals surface area contributed by atoms with Gasteiger partial charge in [0.25, 0.3) is 20.1 Å². The third kappa shape index (κ3) is 11.0. The molecule has 304 valence electrons. The summed E-state index contributed by atoms with van der Waals surface area (Å²) in [6.07, 6.45) is 12.0. The number of carbonyl (C=O) groups excluding carboxylic acids is 3. The van der Waals surface area contributed by atoms with Crippen molar-refractivity contribution in [1.29, 1.82) is 0 Å². The molecule has 0 saturated carbocycles. The molecule has 1 aliphatic rings. The Hall–Kier alpha value is -4.37. The van der Waals surface area contributed by atoms with Crippen LogP contribution in [0.2, 0.25) is 5.04 Å². The predicted molar refractivity (Wildman–Crippen MR) is 232 cm³/mol. The molecule has 1 aliphatic heterocycles. The van der Waals surface area contributed by atoms with Crippen LogP contribution in [0.5, 0.6) is 0 Å². The molecule has 0 aliphatic carbocycles. The Morgan fingerprint density at radius 3 is 1.51 bits per heavy atom. The van der Waals surface area contributed by atoms with E-state index in [1.165, 1.54) is 51.4 Å². The number of unbranched alkanes of at least 4 members (excludes halogenated alkanes) is 11. The average Bonchev–Trinajstić information content (AvgIpc) is 3.48. The van der Waals surface area contributed by atoms with Crippen molar-refractivity contribution in [2.75, 3.05) is 6.61 Å². The smallest absolute Gasteiger partial charge is 0.338 e. The molecule has 0 saturated heterocycles. The lowest BCUT2D eigenvalue weighted by Crippen LogP contribution is -2.68. The molecule has 0 fully saturated rings. The number of nitrogens with zero attached hydrogens (tertiary/aromatic N) is 1. The van der Waals surface area contributed by atoms with Crippen molar-refractivity contribution in [3.8, 4) is 0 Å². The van der Waals surface area contributed by atoms with Gasteiger partial charge in [-0.3, -0.25) is 14.5 Å². The van der Waals surface area contributed by atoms with Gasteiger partial charge >= 0.3 is 5.97 Å². The Morgan fingerprint density at radius 2 is 1.05 bits per heavy atom. The second-order valence-corrected chi connectivity index (χ2v) is 20.9. The van der Waals surface area contributed by atoms with Gasteiger partial charge in [0.2, 0.25) is 0 Å². The van der Waals surface area contributed by atoms with Crippen LogP contribution in [0.15, 0.2) is 115 Å². The van der Waals surface area contributed by atoms with E-state index in [1.807, 2.05) is 42.5 Å². The van der Waals surface area contributed by atoms with Gasteiger partial charge in [0.1, 0.15) is 12.2 Å². The minimum absolute atomic E-state index is 0.155. The highest BCUT2D eigenvalue weighted by atomic mass is 28.4. The fourth-order valence-corrected chi connectivity index (χ4v) is 12.9. The summed E-state index contributed by atoms with van der Waals surface area (Å²) in [5, 5.41) is 14.2. The number of amides is 2. The Bertz CT molecular complexity index is 1770. The van der Waals surface area contributed by atoms with Crippen LogP contribution < -0.4 is 10.4 Å². The second kappa shape index (κ2) is 21.4. The van der Waals surface area contributed by atoms with Crippen molar-refractivity contribution < 1.29 is 28.7 Å². The van der Waals surface area contributed by atoms with Crippen molar-refractivity contribution in [3.05, 3.63) is 132 Å². The van der Waals surface area contributed by atoms with Gasteiger partial charge in [0.15, 0.2) is 0 Å². The lowest BCUT2D eigenvalue weighted by atomic mass is 9.98. The molecule has 4 aromatic carbocycles. The topological polar surface area (TPSA) is 93.1 Å². The van der Waals surface area contributed by atoms with Gasteiger partial charge in [-0.25, -0.2) is 4.79 Å². The van der Waals surface area contributed by atoms with E-state index in [0.29, 0.717) is 18.4 Å². The number of hydrogen-bond acceptors (Lipinski definition) is 6. The van der Waals surface area contributed by atoms with Crippen LogP contribution in [-0.2, 0) is 9.16 Å². The van der Waals surface area contributed by atoms with Crippen LogP contribution in [0.4, 0.5) is 0 Å². The van der Waals surface area contributed by atoms with Crippen molar-refractivity contribution in [3.63, 3.8) is 0 Å². The number of fused-ring (bicyclic) bond motifs is 1. The number of esters is 1. The molecule has 0 bridgehead atoms. The maximum absolute atomic E-state index is 14.2. The number of hydrogen-bond donors (Lipinski definition) is 1. The lowest BCUT2D eigenvalue weighted by molar-refractivity contribution is -0.0563. The molecule has 8 heteroatoms. The Kier molecular flexibility index (Phi) is 16.4. The predicted octanol–water partition coefficient (Wildman–Crippen LogP) is 9.91. The molecule has 7 nitrogen and oxygen atoms in total. The second-order valence-electron chi connectivity index (χ2n) is 16.5. The fourth-order valence-electron chi connectivity index (χ4n) is 8.32. The van der Waals surface area contributed by atoms with Gasteiger partial charge in [-0.2, -0.15) is 0 Å². The number of ether oxygens (including phenoxy) is 1. The standard InChI is InChI=1S/C49H63NO6Si/c1-5-6-7-8-9-10-11-12-13-14-15-25-36-44(56-48(54)38-28-19-16-20-29-38)45(51)43(50-46(52)41-34-26-27-35-42(41)47(50)53)37-55-57(49(2,3)4,39-30-21-17-22-31-39)40-32-23-18-24-33-40/h16-24,26-35,43-45,51H,5-15,25,36-37H2,1-4H3/t43-,44+,45-/m0/s1. The highest BCUT2D eigenvalue weighted by molar-refractivity contribution is 6.99. The van der Waals surface area contributed by atoms with Gasteiger partial charge < -0.3 is 14.3 Å². The first-order chi connectivity index (χ1) is 27.6. The number of rotatable bonds is 23. The summed E-state index contributed by atoms with van der Waals surface area (Å²) in [4.78, 5) is 43.2. The minimum atomic E-state index is -3.18. The third-order valence-electron chi connectivity index (χ3n) is 11.4. The molecule has 3 atom stereocenters. The average molecular weight is 790 g/mol. The molecule has 1 heterocycles. The molecule has 5 rings (SSSR count). The van der Waals surface area contributed by atoms with Crippen LogP contribution in [0.1, 0.15) is 142 Å². The number of carbonyl (C=O) groups is 3. The maximum Gasteiger partial charge on any atom is 0.338 e. The summed E-state index contributed by atoms with van der Waals surface area (Å²) in [6, 6.07) is 34.6. The number of imide groups is 1. The summed E-state index contributed by atoms with van der Waals surface area (Å²) in [5.41, 5.74) is 0.929. The molecule has 0 unspecified atom stereocenters. The van der Waals surface area contributed by atoms with Crippen LogP contribution in [-0.4, -0.2) is 61.0 Å². The van der Waals surface area contributed by atoms with E-state index in [1.54, 1.807) is 48.5 Å². The van der Waals surface area contributed by atoms with Crippen LogP contribution in [0.25, 0.3) is 0 Å². The first kappa shape index (κ1) is 43.7. The highest BCUT2D eigenvalue weighted by Crippen LogP contribution is 2.38. The van der Waals surface area contributed by atoms with Crippen LogP contribution in [0.3, 0.4) is 0 Å². The van der Waals surface area contributed by atoms with Crippen molar-refractivity contribution in [1.82, 2.24) is 4.90 Å². The molecule has 57 heavy (non-hydrogen) atoms. The van der Waals surface area contributed by atoms with Crippen molar-refractivity contribution in [2.24, 2.45) is 0 Å². The van der Waals surface area contributed by atoms with Crippen LogP contribution in [0, 0.1) is 0 Å². The van der Waals surface area contributed by atoms with E-state index in [0.717, 1.165) is 34.5 Å². The molecule has 1 N–H and O–H groups in total. The summed E-state index contributed by atoms with van der Waals surface area (Å²) >= 11 is 0.